The van der Waals surface area contributed by atoms with Crippen LogP contribution in [0, 0.1) is 11.8 Å². The maximum absolute atomic E-state index is 13.2. The first-order chi connectivity index (χ1) is 13.1. The van der Waals surface area contributed by atoms with Crippen LogP contribution < -0.4 is 5.32 Å². The molecule has 0 aromatic carbocycles. The molecule has 3 heterocycles. The second kappa shape index (κ2) is 6.22. The van der Waals surface area contributed by atoms with Gasteiger partial charge in [-0.3, -0.25) is 4.79 Å². The van der Waals surface area contributed by atoms with Gasteiger partial charge < -0.3 is 9.73 Å². The standard InChI is InChI=1S/C21H24N4O2/c1-12(2)25-20-16(11-22-25)15(10-17(23-20)18-4-3-9-27-18)21(26)24-19(13-5-6-13)14-7-8-14/h3-4,9-14,19H,5-8H2,1-2H3,(H,24,26). The van der Waals surface area contributed by atoms with Crippen molar-refractivity contribution in [3.8, 4) is 11.5 Å². The van der Waals surface area contributed by atoms with Crippen molar-refractivity contribution in [1.82, 2.24) is 20.1 Å². The largest absolute Gasteiger partial charge is 0.463 e. The van der Waals surface area contributed by atoms with E-state index in [1.807, 2.05) is 22.9 Å². The first-order valence-corrected chi connectivity index (χ1v) is 9.85. The van der Waals surface area contributed by atoms with Gasteiger partial charge >= 0.3 is 0 Å². The SMILES string of the molecule is CC(C)n1ncc2c(C(=O)NC(C3CC3)C3CC3)cc(-c3ccco3)nc21. The Balaban J connectivity index is 1.58. The van der Waals surface area contributed by atoms with Gasteiger partial charge in [0.15, 0.2) is 11.4 Å². The van der Waals surface area contributed by atoms with E-state index < -0.39 is 0 Å². The van der Waals surface area contributed by atoms with Crippen molar-refractivity contribution in [2.45, 2.75) is 51.6 Å². The van der Waals surface area contributed by atoms with Crippen LogP contribution in [0.5, 0.6) is 0 Å². The van der Waals surface area contributed by atoms with Gasteiger partial charge in [0.1, 0.15) is 5.69 Å². The number of hydrogen-bond donors (Lipinski definition) is 1. The number of rotatable bonds is 6. The van der Waals surface area contributed by atoms with Gasteiger partial charge in [-0.1, -0.05) is 0 Å². The average molecular weight is 364 g/mol. The lowest BCUT2D eigenvalue weighted by molar-refractivity contribution is 0.0928. The third-order valence-corrected chi connectivity index (χ3v) is 5.63. The molecule has 1 amide bonds. The zero-order valence-electron chi connectivity index (χ0n) is 15.7. The zero-order valence-corrected chi connectivity index (χ0v) is 15.7. The molecule has 2 aliphatic rings. The highest BCUT2D eigenvalue weighted by atomic mass is 16.3. The van der Waals surface area contributed by atoms with Gasteiger partial charge in [0.2, 0.25) is 0 Å². The fourth-order valence-corrected chi connectivity index (χ4v) is 3.89. The van der Waals surface area contributed by atoms with Crippen LogP contribution in [0.1, 0.15) is 55.9 Å². The first kappa shape index (κ1) is 16.5. The molecule has 2 fully saturated rings. The zero-order chi connectivity index (χ0) is 18.5. The van der Waals surface area contributed by atoms with Crippen LogP contribution in [-0.2, 0) is 0 Å². The topological polar surface area (TPSA) is 73.0 Å². The number of furan rings is 1. The van der Waals surface area contributed by atoms with Crippen LogP contribution in [0.15, 0.2) is 35.1 Å². The van der Waals surface area contributed by atoms with Crippen LogP contribution in [0.25, 0.3) is 22.5 Å². The normalized spacial score (nSPS) is 17.2. The minimum atomic E-state index is -0.0256. The maximum Gasteiger partial charge on any atom is 0.252 e. The van der Waals surface area contributed by atoms with Crippen molar-refractivity contribution in [2.75, 3.05) is 0 Å². The Kier molecular flexibility index (Phi) is 3.81. The number of pyridine rings is 1. The molecular weight excluding hydrogens is 340 g/mol. The molecule has 0 atom stereocenters. The molecule has 2 aliphatic carbocycles. The minimum absolute atomic E-state index is 0.0256. The molecule has 0 bridgehead atoms. The Labute approximate surface area is 158 Å². The molecule has 3 aromatic rings. The molecule has 5 rings (SSSR count). The summed E-state index contributed by atoms with van der Waals surface area (Å²) in [5.74, 6) is 1.94. The third-order valence-electron chi connectivity index (χ3n) is 5.63. The summed E-state index contributed by atoms with van der Waals surface area (Å²) >= 11 is 0. The lowest BCUT2D eigenvalue weighted by Crippen LogP contribution is -2.38. The van der Waals surface area contributed by atoms with Gasteiger partial charge in [0.25, 0.3) is 5.91 Å². The fourth-order valence-electron chi connectivity index (χ4n) is 3.89. The highest BCUT2D eigenvalue weighted by Gasteiger charge is 2.42. The number of nitrogens with zero attached hydrogens (tertiary/aromatic N) is 3. The predicted molar refractivity (Wildman–Crippen MR) is 102 cm³/mol. The van der Waals surface area contributed by atoms with E-state index in [-0.39, 0.29) is 11.9 Å². The molecule has 140 valence electrons. The van der Waals surface area contributed by atoms with Gasteiger partial charge in [-0.05, 0) is 69.6 Å². The van der Waals surface area contributed by atoms with Crippen LogP contribution in [-0.4, -0.2) is 26.7 Å². The van der Waals surface area contributed by atoms with E-state index in [0.717, 1.165) is 11.0 Å². The first-order valence-electron chi connectivity index (χ1n) is 9.85. The summed E-state index contributed by atoms with van der Waals surface area (Å²) in [5, 5.41) is 8.60. The summed E-state index contributed by atoms with van der Waals surface area (Å²) < 4.78 is 7.39. The summed E-state index contributed by atoms with van der Waals surface area (Å²) in [5.41, 5.74) is 2.01. The molecule has 1 N–H and O–H groups in total. The van der Waals surface area contributed by atoms with Gasteiger partial charge in [-0.25, -0.2) is 9.67 Å². The number of hydrogen-bond acceptors (Lipinski definition) is 4. The molecule has 3 aromatic heterocycles. The monoisotopic (exact) mass is 364 g/mol. The van der Waals surface area contributed by atoms with Crippen molar-refractivity contribution in [2.24, 2.45) is 11.8 Å². The van der Waals surface area contributed by atoms with Crippen molar-refractivity contribution in [3.63, 3.8) is 0 Å². The fraction of sp³-hybridized carbons (Fsp3) is 0.476. The van der Waals surface area contributed by atoms with E-state index in [1.165, 1.54) is 25.7 Å². The van der Waals surface area contributed by atoms with E-state index >= 15 is 0 Å². The van der Waals surface area contributed by atoms with E-state index in [2.05, 4.69) is 24.3 Å². The average Bonchev–Trinajstić information content (AvgIpc) is 3.57. The van der Waals surface area contributed by atoms with Crippen molar-refractivity contribution in [3.05, 3.63) is 36.2 Å². The molecule has 0 unspecified atom stereocenters. The number of aromatic nitrogens is 3. The molecular formula is C21H24N4O2. The van der Waals surface area contributed by atoms with Crippen LogP contribution >= 0.6 is 0 Å². The molecule has 0 aliphatic heterocycles. The highest BCUT2D eigenvalue weighted by molar-refractivity contribution is 6.06. The number of carbonyl (C=O) groups is 1. The summed E-state index contributed by atoms with van der Waals surface area (Å²) in [6, 6.07) is 6.00. The maximum atomic E-state index is 13.2. The second-order valence-electron chi connectivity index (χ2n) is 8.13. The molecule has 0 radical (unpaired) electrons. The van der Waals surface area contributed by atoms with Crippen LogP contribution in [0.2, 0.25) is 0 Å². The Hall–Kier alpha value is -2.63. The van der Waals surface area contributed by atoms with Gasteiger partial charge in [-0.2, -0.15) is 5.10 Å². The summed E-state index contributed by atoms with van der Waals surface area (Å²) in [4.78, 5) is 18.0. The quantitative estimate of drug-likeness (QED) is 0.712. The number of amides is 1. The second-order valence-corrected chi connectivity index (χ2v) is 8.13. The van der Waals surface area contributed by atoms with Crippen molar-refractivity contribution >= 4 is 16.9 Å². The Morgan fingerprint density at radius 1 is 1.26 bits per heavy atom. The summed E-state index contributed by atoms with van der Waals surface area (Å²) in [6.07, 6.45) is 8.31. The number of carbonyl (C=O) groups excluding carboxylic acids is 1. The lowest BCUT2D eigenvalue weighted by Gasteiger charge is -2.18. The van der Waals surface area contributed by atoms with E-state index in [0.29, 0.717) is 34.9 Å². The molecule has 6 nitrogen and oxygen atoms in total. The Bertz CT molecular complexity index is 969. The molecule has 6 heteroatoms. The summed E-state index contributed by atoms with van der Waals surface area (Å²) in [6.45, 7) is 4.12. The highest BCUT2D eigenvalue weighted by Crippen LogP contribution is 2.44. The predicted octanol–water partition coefficient (Wildman–Crippen LogP) is 4.19. The molecule has 0 spiro atoms. The van der Waals surface area contributed by atoms with E-state index in [9.17, 15) is 4.79 Å². The van der Waals surface area contributed by atoms with Crippen molar-refractivity contribution < 1.29 is 9.21 Å². The Morgan fingerprint density at radius 3 is 2.59 bits per heavy atom. The number of nitrogens with one attached hydrogen (secondary N) is 1. The van der Waals surface area contributed by atoms with Gasteiger partial charge in [0, 0.05) is 12.1 Å². The van der Waals surface area contributed by atoms with E-state index in [4.69, 9.17) is 9.40 Å². The lowest BCUT2D eigenvalue weighted by atomic mass is 10.1. The molecule has 27 heavy (non-hydrogen) atoms. The summed E-state index contributed by atoms with van der Waals surface area (Å²) in [7, 11) is 0. The van der Waals surface area contributed by atoms with Crippen LogP contribution in [0.3, 0.4) is 0 Å². The third kappa shape index (κ3) is 3.03. The molecule has 0 saturated heterocycles. The van der Waals surface area contributed by atoms with Crippen LogP contribution in [0.4, 0.5) is 0 Å². The Morgan fingerprint density at radius 2 is 2.00 bits per heavy atom. The van der Waals surface area contributed by atoms with Gasteiger partial charge in [0.05, 0.1) is 23.4 Å². The van der Waals surface area contributed by atoms with Crippen molar-refractivity contribution in [1.29, 1.82) is 0 Å². The smallest absolute Gasteiger partial charge is 0.252 e. The number of fused-ring (bicyclic) bond motifs is 1. The van der Waals surface area contributed by atoms with E-state index in [1.54, 1.807) is 12.5 Å². The van der Waals surface area contributed by atoms with Gasteiger partial charge in [-0.15, -0.1) is 0 Å². The molecule has 2 saturated carbocycles. The minimum Gasteiger partial charge on any atom is -0.463 e.